The summed E-state index contributed by atoms with van der Waals surface area (Å²) in [4.78, 5) is 11.8. The standard InChI is InChI=1S/C21H27N3O5S2/c1-4-30(26,27)24-13-5-6-16-7-8-18(14-20(16)24)23-31(28,29)19-11-9-17(10-12-19)22-21(25)15(2)3/h7-12,14-15,23H,4-6,13H2,1-3H3,(H,22,25). The summed E-state index contributed by atoms with van der Waals surface area (Å²) in [5, 5.41) is 2.71. The van der Waals surface area contributed by atoms with Crippen molar-refractivity contribution < 1.29 is 21.6 Å². The molecule has 168 valence electrons. The lowest BCUT2D eigenvalue weighted by Gasteiger charge is -2.30. The number of carbonyl (C=O) groups is 1. The van der Waals surface area contributed by atoms with Gasteiger partial charge < -0.3 is 5.32 Å². The van der Waals surface area contributed by atoms with Crippen molar-refractivity contribution in [2.75, 3.05) is 26.6 Å². The third kappa shape index (κ3) is 5.19. The lowest BCUT2D eigenvalue weighted by atomic mass is 10.0. The van der Waals surface area contributed by atoms with Gasteiger partial charge in [-0.1, -0.05) is 19.9 Å². The average molecular weight is 466 g/mol. The van der Waals surface area contributed by atoms with E-state index in [1.807, 2.05) is 0 Å². The Morgan fingerprint density at radius 2 is 1.68 bits per heavy atom. The fourth-order valence-electron chi connectivity index (χ4n) is 3.27. The van der Waals surface area contributed by atoms with Crippen LogP contribution in [0.1, 0.15) is 32.8 Å². The molecular formula is C21H27N3O5S2. The lowest BCUT2D eigenvalue weighted by molar-refractivity contribution is -0.118. The number of nitrogens with one attached hydrogen (secondary N) is 2. The summed E-state index contributed by atoms with van der Waals surface area (Å²) < 4.78 is 54.4. The number of hydrogen-bond acceptors (Lipinski definition) is 5. The fourth-order valence-corrected chi connectivity index (χ4v) is 5.51. The molecule has 0 saturated heterocycles. The predicted molar refractivity (Wildman–Crippen MR) is 122 cm³/mol. The van der Waals surface area contributed by atoms with Gasteiger partial charge in [0, 0.05) is 18.2 Å². The summed E-state index contributed by atoms with van der Waals surface area (Å²) in [6.07, 6.45) is 1.46. The summed E-state index contributed by atoms with van der Waals surface area (Å²) in [7, 11) is -7.34. The number of amides is 1. The van der Waals surface area contributed by atoms with Gasteiger partial charge in [0.05, 0.1) is 22.0 Å². The summed E-state index contributed by atoms with van der Waals surface area (Å²) in [5.74, 6) is -0.373. The third-order valence-corrected chi connectivity index (χ3v) is 8.25. The van der Waals surface area contributed by atoms with Gasteiger partial charge in [-0.15, -0.1) is 0 Å². The number of rotatable bonds is 7. The van der Waals surface area contributed by atoms with Gasteiger partial charge in [-0.3, -0.25) is 13.8 Å². The first-order chi connectivity index (χ1) is 14.5. The van der Waals surface area contributed by atoms with Gasteiger partial charge in [-0.05, 0) is 61.7 Å². The van der Waals surface area contributed by atoms with Crippen LogP contribution in [0.25, 0.3) is 0 Å². The minimum absolute atomic E-state index is 0.0257. The Morgan fingerprint density at radius 3 is 2.29 bits per heavy atom. The van der Waals surface area contributed by atoms with Crippen LogP contribution in [0, 0.1) is 5.92 Å². The molecule has 3 rings (SSSR count). The van der Waals surface area contributed by atoms with Crippen LogP contribution in [-0.4, -0.2) is 35.0 Å². The molecule has 1 aliphatic rings. The maximum Gasteiger partial charge on any atom is 0.261 e. The molecule has 10 heteroatoms. The molecule has 0 unspecified atom stereocenters. The molecule has 2 aromatic rings. The van der Waals surface area contributed by atoms with E-state index < -0.39 is 20.0 Å². The maximum atomic E-state index is 12.8. The van der Waals surface area contributed by atoms with E-state index >= 15 is 0 Å². The highest BCUT2D eigenvalue weighted by Gasteiger charge is 2.27. The van der Waals surface area contributed by atoms with Gasteiger partial charge in [0.15, 0.2) is 0 Å². The van der Waals surface area contributed by atoms with Crippen LogP contribution < -0.4 is 14.3 Å². The summed E-state index contributed by atoms with van der Waals surface area (Å²) in [5.41, 5.74) is 2.18. The lowest BCUT2D eigenvalue weighted by Crippen LogP contribution is -2.36. The molecule has 1 heterocycles. The number of fused-ring (bicyclic) bond motifs is 1. The highest BCUT2D eigenvalue weighted by molar-refractivity contribution is 7.93. The molecule has 0 bridgehead atoms. The second-order valence-electron chi connectivity index (χ2n) is 7.69. The summed E-state index contributed by atoms with van der Waals surface area (Å²) >= 11 is 0. The SMILES string of the molecule is CCS(=O)(=O)N1CCCc2ccc(NS(=O)(=O)c3ccc(NC(=O)C(C)C)cc3)cc21. The maximum absolute atomic E-state index is 12.8. The molecule has 8 nitrogen and oxygen atoms in total. The molecule has 2 N–H and O–H groups in total. The van der Waals surface area contributed by atoms with Crippen molar-refractivity contribution in [3.05, 3.63) is 48.0 Å². The van der Waals surface area contributed by atoms with E-state index in [0.717, 1.165) is 18.4 Å². The smallest absolute Gasteiger partial charge is 0.261 e. The number of benzene rings is 2. The number of sulfonamides is 2. The van der Waals surface area contributed by atoms with Gasteiger partial charge in [-0.25, -0.2) is 16.8 Å². The molecule has 0 radical (unpaired) electrons. The van der Waals surface area contributed by atoms with Crippen molar-refractivity contribution in [2.24, 2.45) is 5.92 Å². The van der Waals surface area contributed by atoms with Gasteiger partial charge in [0.25, 0.3) is 10.0 Å². The third-order valence-electron chi connectivity index (χ3n) is 5.07. The van der Waals surface area contributed by atoms with Crippen LogP contribution in [-0.2, 0) is 31.3 Å². The molecular weight excluding hydrogens is 438 g/mol. The van der Waals surface area contributed by atoms with Gasteiger partial charge >= 0.3 is 0 Å². The second-order valence-corrected chi connectivity index (χ2v) is 11.6. The topological polar surface area (TPSA) is 113 Å². The second kappa shape index (κ2) is 8.88. The van der Waals surface area contributed by atoms with E-state index in [0.29, 0.717) is 17.9 Å². The van der Waals surface area contributed by atoms with Crippen molar-refractivity contribution in [1.29, 1.82) is 0 Å². The highest BCUT2D eigenvalue weighted by Crippen LogP contribution is 2.33. The summed E-state index contributed by atoms with van der Waals surface area (Å²) in [6, 6.07) is 10.8. The van der Waals surface area contributed by atoms with Crippen molar-refractivity contribution in [3.63, 3.8) is 0 Å². The van der Waals surface area contributed by atoms with Crippen molar-refractivity contribution in [1.82, 2.24) is 0 Å². The van der Waals surface area contributed by atoms with E-state index in [-0.39, 0.29) is 28.2 Å². The molecule has 31 heavy (non-hydrogen) atoms. The quantitative estimate of drug-likeness (QED) is 0.652. The first-order valence-corrected chi connectivity index (χ1v) is 13.2. The Morgan fingerprint density at radius 1 is 1.03 bits per heavy atom. The molecule has 1 aliphatic heterocycles. The van der Waals surface area contributed by atoms with Crippen LogP contribution in [0.2, 0.25) is 0 Å². The van der Waals surface area contributed by atoms with E-state index in [4.69, 9.17) is 0 Å². The average Bonchev–Trinajstić information content (AvgIpc) is 2.73. The van der Waals surface area contributed by atoms with Crippen LogP contribution >= 0.6 is 0 Å². The minimum atomic E-state index is -3.89. The number of carbonyl (C=O) groups excluding carboxylic acids is 1. The molecule has 0 spiro atoms. The molecule has 0 fully saturated rings. The van der Waals surface area contributed by atoms with Crippen LogP contribution in [0.3, 0.4) is 0 Å². The zero-order valence-corrected chi connectivity index (χ0v) is 19.4. The van der Waals surface area contributed by atoms with Crippen molar-refractivity contribution >= 4 is 43.0 Å². The van der Waals surface area contributed by atoms with Gasteiger partial charge in [-0.2, -0.15) is 0 Å². The highest BCUT2D eigenvalue weighted by atomic mass is 32.2. The fraction of sp³-hybridized carbons (Fsp3) is 0.381. The normalized spacial score (nSPS) is 14.3. The minimum Gasteiger partial charge on any atom is -0.326 e. The van der Waals surface area contributed by atoms with E-state index in [2.05, 4.69) is 10.0 Å². The first-order valence-electron chi connectivity index (χ1n) is 10.1. The van der Waals surface area contributed by atoms with Crippen molar-refractivity contribution in [2.45, 2.75) is 38.5 Å². The van der Waals surface area contributed by atoms with Crippen LogP contribution in [0.5, 0.6) is 0 Å². The zero-order chi connectivity index (χ0) is 22.8. The van der Waals surface area contributed by atoms with Crippen LogP contribution in [0.15, 0.2) is 47.4 Å². The largest absolute Gasteiger partial charge is 0.326 e. The molecule has 0 atom stereocenters. The van der Waals surface area contributed by atoms with Crippen LogP contribution in [0.4, 0.5) is 17.1 Å². The van der Waals surface area contributed by atoms with E-state index in [1.54, 1.807) is 39.0 Å². The molecule has 0 aromatic heterocycles. The van der Waals surface area contributed by atoms with E-state index in [9.17, 15) is 21.6 Å². The molecule has 0 aliphatic carbocycles. The van der Waals surface area contributed by atoms with Crippen molar-refractivity contribution in [3.8, 4) is 0 Å². The monoisotopic (exact) mass is 465 g/mol. The molecule has 2 aromatic carbocycles. The first kappa shape index (κ1) is 23.1. The Bertz CT molecular complexity index is 1170. The zero-order valence-electron chi connectivity index (χ0n) is 17.8. The van der Waals surface area contributed by atoms with Gasteiger partial charge in [0.2, 0.25) is 15.9 Å². The van der Waals surface area contributed by atoms with Gasteiger partial charge in [0.1, 0.15) is 0 Å². The number of nitrogens with zero attached hydrogens (tertiary/aromatic N) is 1. The number of hydrogen-bond donors (Lipinski definition) is 2. The number of aryl methyl sites for hydroxylation is 1. The Labute approximate surface area is 183 Å². The predicted octanol–water partition coefficient (Wildman–Crippen LogP) is 3.18. The molecule has 1 amide bonds. The Hall–Kier alpha value is -2.59. The Kier molecular flexibility index (Phi) is 6.61. The molecule has 0 saturated carbocycles. The Balaban J connectivity index is 1.84. The summed E-state index contributed by atoms with van der Waals surface area (Å²) in [6.45, 7) is 5.50. The van der Waals surface area contributed by atoms with E-state index in [1.165, 1.54) is 28.6 Å². The number of anilines is 3.